The molecule has 2 aromatic carbocycles. The molecule has 0 amide bonds. The lowest BCUT2D eigenvalue weighted by molar-refractivity contribution is 0.0358. The van der Waals surface area contributed by atoms with Crippen molar-refractivity contribution in [3.8, 4) is 0 Å². The van der Waals surface area contributed by atoms with Crippen LogP contribution in [0.1, 0.15) is 35.6 Å². The summed E-state index contributed by atoms with van der Waals surface area (Å²) in [6, 6.07) is 13.4. The maximum absolute atomic E-state index is 5.95. The van der Waals surface area contributed by atoms with Crippen LogP contribution in [0.3, 0.4) is 0 Å². The second-order valence-corrected chi connectivity index (χ2v) is 9.59. The Kier molecular flexibility index (Phi) is 8.23. The summed E-state index contributed by atoms with van der Waals surface area (Å²) in [5.74, 6) is 0. The van der Waals surface area contributed by atoms with Gasteiger partial charge in [0.2, 0.25) is 0 Å². The van der Waals surface area contributed by atoms with Gasteiger partial charge in [0.25, 0.3) is 0 Å². The van der Waals surface area contributed by atoms with E-state index in [0.29, 0.717) is 0 Å². The zero-order valence-corrected chi connectivity index (χ0v) is 21.2. The number of hydrogen-bond acceptors (Lipinski definition) is 4. The molecule has 0 saturated carbocycles. The Balaban J connectivity index is 1.50. The van der Waals surface area contributed by atoms with Crippen molar-refractivity contribution in [2.75, 3.05) is 62.7 Å². The fourth-order valence-corrected chi connectivity index (χ4v) is 5.06. The molecule has 5 nitrogen and oxygen atoms in total. The molecule has 2 aliphatic heterocycles. The number of anilines is 2. The first-order chi connectivity index (χ1) is 16.0. The number of ether oxygens (including phenoxy) is 1. The van der Waals surface area contributed by atoms with E-state index in [2.05, 4.69) is 77.2 Å². The van der Waals surface area contributed by atoms with E-state index in [1.807, 2.05) is 0 Å². The summed E-state index contributed by atoms with van der Waals surface area (Å²) < 4.78 is 5.53. The fourth-order valence-electron chi connectivity index (χ4n) is 4.80. The maximum atomic E-state index is 5.95. The summed E-state index contributed by atoms with van der Waals surface area (Å²) in [7, 11) is 0. The molecule has 0 radical (unpaired) electrons. The molecule has 2 aromatic rings. The average molecular weight is 467 g/mol. The summed E-state index contributed by atoms with van der Waals surface area (Å²) in [5, 5.41) is 4.34. The fraction of sp³-hybridized carbons (Fsp3) is 0.519. The van der Waals surface area contributed by atoms with E-state index < -0.39 is 0 Å². The van der Waals surface area contributed by atoms with Crippen molar-refractivity contribution in [2.24, 2.45) is 0 Å². The van der Waals surface area contributed by atoms with Crippen LogP contribution in [0, 0.1) is 13.8 Å². The molecule has 0 aliphatic carbocycles. The number of nitrogens with one attached hydrogen (secondary N) is 1. The zero-order chi connectivity index (χ0) is 23.2. The van der Waals surface area contributed by atoms with Crippen LogP contribution < -0.4 is 10.2 Å². The number of hydrogen-bond donors (Lipinski definition) is 1. The highest BCUT2D eigenvalue weighted by molar-refractivity contribution is 7.80. The second-order valence-electron chi connectivity index (χ2n) is 9.20. The van der Waals surface area contributed by atoms with E-state index in [0.717, 1.165) is 63.3 Å². The van der Waals surface area contributed by atoms with Gasteiger partial charge in [0.1, 0.15) is 0 Å². The normalized spacial score (nSPS) is 16.4. The first-order valence-corrected chi connectivity index (χ1v) is 12.7. The highest BCUT2D eigenvalue weighted by atomic mass is 32.1. The molecule has 178 valence electrons. The first-order valence-electron chi connectivity index (χ1n) is 12.3. The number of fused-ring (bicyclic) bond motifs is 1. The van der Waals surface area contributed by atoms with Gasteiger partial charge in [-0.15, -0.1) is 0 Å². The van der Waals surface area contributed by atoms with E-state index in [-0.39, 0.29) is 0 Å². The van der Waals surface area contributed by atoms with Gasteiger partial charge >= 0.3 is 0 Å². The monoisotopic (exact) mass is 466 g/mol. The van der Waals surface area contributed by atoms with Crippen molar-refractivity contribution in [1.82, 2.24) is 9.80 Å². The van der Waals surface area contributed by atoms with Crippen LogP contribution in [0.4, 0.5) is 11.4 Å². The minimum atomic E-state index is 0.796. The summed E-state index contributed by atoms with van der Waals surface area (Å²) in [6.07, 6.45) is 2.40. The number of benzene rings is 2. The molecule has 1 saturated heterocycles. The Labute approximate surface area is 204 Å². The van der Waals surface area contributed by atoms with Crippen LogP contribution in [0.25, 0.3) is 0 Å². The van der Waals surface area contributed by atoms with E-state index >= 15 is 0 Å². The third kappa shape index (κ3) is 6.05. The molecule has 6 heteroatoms. The number of thiocarbonyl (C=S) groups is 1. The number of aryl methyl sites for hydroxylation is 2. The Bertz CT molecular complexity index is 957. The zero-order valence-electron chi connectivity index (χ0n) is 20.4. The molecule has 1 N–H and O–H groups in total. The number of nitrogens with zero attached hydrogens (tertiary/aromatic N) is 3. The first kappa shape index (κ1) is 24.0. The van der Waals surface area contributed by atoms with Crippen molar-refractivity contribution in [2.45, 2.75) is 40.2 Å². The van der Waals surface area contributed by atoms with Gasteiger partial charge in [-0.2, -0.15) is 0 Å². The van der Waals surface area contributed by atoms with Crippen molar-refractivity contribution < 1.29 is 4.74 Å². The Morgan fingerprint density at radius 3 is 2.73 bits per heavy atom. The highest BCUT2D eigenvalue weighted by Crippen LogP contribution is 2.28. The predicted octanol–water partition coefficient (Wildman–Crippen LogP) is 4.61. The number of morpholine rings is 1. The quantitative estimate of drug-likeness (QED) is 0.600. The van der Waals surface area contributed by atoms with Crippen molar-refractivity contribution in [1.29, 1.82) is 0 Å². The third-order valence-corrected chi connectivity index (χ3v) is 7.40. The lowest BCUT2D eigenvalue weighted by Crippen LogP contribution is -2.44. The summed E-state index contributed by atoms with van der Waals surface area (Å²) in [4.78, 5) is 7.29. The maximum Gasteiger partial charge on any atom is 0.173 e. The molecule has 0 atom stereocenters. The van der Waals surface area contributed by atoms with Crippen LogP contribution in [0.5, 0.6) is 0 Å². The van der Waals surface area contributed by atoms with Gasteiger partial charge in [0, 0.05) is 57.2 Å². The van der Waals surface area contributed by atoms with Crippen LogP contribution in [-0.2, 0) is 17.7 Å². The van der Waals surface area contributed by atoms with Gasteiger partial charge in [0.05, 0.1) is 13.2 Å². The molecule has 0 bridgehead atoms. The Morgan fingerprint density at radius 2 is 1.94 bits per heavy atom. The molecule has 33 heavy (non-hydrogen) atoms. The molecule has 0 unspecified atom stereocenters. The largest absolute Gasteiger partial charge is 0.379 e. The van der Waals surface area contributed by atoms with Gasteiger partial charge in [-0.3, -0.25) is 4.90 Å². The smallest absolute Gasteiger partial charge is 0.173 e. The van der Waals surface area contributed by atoms with Crippen molar-refractivity contribution in [3.05, 3.63) is 58.7 Å². The van der Waals surface area contributed by atoms with E-state index in [1.54, 1.807) is 0 Å². The van der Waals surface area contributed by atoms with Crippen LogP contribution >= 0.6 is 12.2 Å². The standard InChI is InChI=1S/C27H38N4OS/c1-4-30-12-6-8-24-19-23(10-11-26(24)30)20-31(14-13-29-15-17-32-18-16-29)27(33)28-25-9-5-7-21(2)22(25)3/h5,7,9-11,19H,4,6,8,12-18,20H2,1-3H3,(H,28,33). The predicted molar refractivity (Wildman–Crippen MR) is 142 cm³/mol. The summed E-state index contributed by atoms with van der Waals surface area (Å²) >= 11 is 5.95. The summed E-state index contributed by atoms with van der Waals surface area (Å²) in [5.41, 5.74) is 7.84. The van der Waals surface area contributed by atoms with E-state index in [9.17, 15) is 0 Å². The van der Waals surface area contributed by atoms with Gasteiger partial charge in [-0.1, -0.05) is 24.3 Å². The van der Waals surface area contributed by atoms with Gasteiger partial charge < -0.3 is 19.9 Å². The topological polar surface area (TPSA) is 31.0 Å². The molecule has 0 spiro atoms. The van der Waals surface area contributed by atoms with Gasteiger partial charge in [-0.05, 0) is 80.2 Å². The molecule has 2 aliphatic rings. The van der Waals surface area contributed by atoms with Crippen LogP contribution in [0.15, 0.2) is 36.4 Å². The Hall–Kier alpha value is -2.15. The van der Waals surface area contributed by atoms with Crippen molar-refractivity contribution in [3.63, 3.8) is 0 Å². The molecule has 2 heterocycles. The SMILES string of the molecule is CCN1CCCc2cc(CN(CCN3CCOCC3)C(=S)Nc3cccc(C)c3C)ccc21. The molecule has 0 aromatic heterocycles. The second kappa shape index (κ2) is 11.3. The van der Waals surface area contributed by atoms with Crippen LogP contribution in [-0.4, -0.2) is 67.4 Å². The molecular weight excluding hydrogens is 428 g/mol. The third-order valence-electron chi connectivity index (χ3n) is 7.04. The lowest BCUT2D eigenvalue weighted by atomic mass is 9.99. The van der Waals surface area contributed by atoms with E-state index in [1.165, 1.54) is 47.3 Å². The van der Waals surface area contributed by atoms with Gasteiger partial charge in [-0.25, -0.2) is 0 Å². The Morgan fingerprint density at radius 1 is 1.12 bits per heavy atom. The highest BCUT2D eigenvalue weighted by Gasteiger charge is 2.19. The lowest BCUT2D eigenvalue weighted by Gasteiger charge is -2.33. The average Bonchev–Trinajstić information content (AvgIpc) is 2.84. The minimum Gasteiger partial charge on any atom is -0.379 e. The van der Waals surface area contributed by atoms with Crippen LogP contribution in [0.2, 0.25) is 0 Å². The van der Waals surface area contributed by atoms with Gasteiger partial charge in [0.15, 0.2) is 5.11 Å². The molecule has 1 fully saturated rings. The molecular formula is C27H38N4OS. The summed E-state index contributed by atoms with van der Waals surface area (Å²) in [6.45, 7) is 15.1. The minimum absolute atomic E-state index is 0.796. The van der Waals surface area contributed by atoms with Crippen molar-refractivity contribution >= 4 is 28.7 Å². The molecule has 4 rings (SSSR count). The van der Waals surface area contributed by atoms with E-state index in [4.69, 9.17) is 17.0 Å². The number of rotatable bonds is 7.